The van der Waals surface area contributed by atoms with E-state index < -0.39 is 0 Å². The highest BCUT2D eigenvalue weighted by molar-refractivity contribution is 9.10. The smallest absolute Gasteiger partial charge is 0.137 e. The van der Waals surface area contributed by atoms with Crippen LogP contribution in [0.2, 0.25) is 0 Å². The molecule has 0 atom stereocenters. The molecule has 1 aromatic carbocycles. The fourth-order valence-electron chi connectivity index (χ4n) is 1.70. The van der Waals surface area contributed by atoms with Crippen LogP contribution in [0.4, 0.5) is 0 Å². The summed E-state index contributed by atoms with van der Waals surface area (Å²) >= 11 is 3.45. The minimum atomic E-state index is 0.886. The van der Waals surface area contributed by atoms with Gasteiger partial charge >= 0.3 is 0 Å². The summed E-state index contributed by atoms with van der Waals surface area (Å²) in [5.74, 6) is 0. The molecule has 0 fully saturated rings. The van der Waals surface area contributed by atoms with Crippen LogP contribution in [0.1, 0.15) is 5.56 Å². The number of aromatic nitrogens is 3. The Balaban J connectivity index is 1.71. The van der Waals surface area contributed by atoms with Gasteiger partial charge in [0, 0.05) is 17.6 Å². The number of likely N-dealkylation sites (N-methyl/N-ethyl adjacent to an activating group) is 1. The van der Waals surface area contributed by atoms with Crippen LogP contribution in [0.15, 0.2) is 41.4 Å². The standard InChI is InChI=1S/C13H17BrN4/c1-17(8-9-18-11-15-10-16-18)7-6-12-2-4-13(14)5-3-12/h2-5,10-11H,6-9H2,1H3. The number of hydrogen-bond donors (Lipinski definition) is 0. The average molecular weight is 309 g/mol. The fourth-order valence-corrected chi connectivity index (χ4v) is 1.97. The van der Waals surface area contributed by atoms with Crippen molar-refractivity contribution in [2.24, 2.45) is 0 Å². The van der Waals surface area contributed by atoms with Crippen LogP contribution in [0.5, 0.6) is 0 Å². The molecule has 0 amide bonds. The molecule has 0 spiro atoms. The predicted molar refractivity (Wildman–Crippen MR) is 75.4 cm³/mol. The highest BCUT2D eigenvalue weighted by Crippen LogP contribution is 2.11. The van der Waals surface area contributed by atoms with Crippen LogP contribution < -0.4 is 0 Å². The van der Waals surface area contributed by atoms with Gasteiger partial charge in [-0.2, -0.15) is 5.10 Å². The first-order valence-corrected chi connectivity index (χ1v) is 6.79. The Bertz CT molecular complexity index is 452. The Kier molecular flexibility index (Phi) is 4.90. The van der Waals surface area contributed by atoms with Gasteiger partial charge in [-0.05, 0) is 31.2 Å². The summed E-state index contributed by atoms with van der Waals surface area (Å²) < 4.78 is 2.99. The van der Waals surface area contributed by atoms with Crippen molar-refractivity contribution in [3.05, 3.63) is 47.0 Å². The molecular weight excluding hydrogens is 292 g/mol. The van der Waals surface area contributed by atoms with E-state index in [1.165, 1.54) is 5.56 Å². The molecule has 0 aliphatic heterocycles. The van der Waals surface area contributed by atoms with Crippen molar-refractivity contribution in [3.63, 3.8) is 0 Å². The molecule has 0 aliphatic carbocycles. The van der Waals surface area contributed by atoms with Crippen molar-refractivity contribution in [3.8, 4) is 0 Å². The molecule has 0 N–H and O–H groups in total. The maximum absolute atomic E-state index is 4.09. The lowest BCUT2D eigenvalue weighted by Gasteiger charge is -2.16. The molecule has 96 valence electrons. The zero-order valence-electron chi connectivity index (χ0n) is 10.5. The normalized spacial score (nSPS) is 11.1. The van der Waals surface area contributed by atoms with Crippen LogP contribution in [0.25, 0.3) is 0 Å². The number of halogens is 1. The van der Waals surface area contributed by atoms with E-state index in [1.807, 2.05) is 4.68 Å². The molecule has 0 bridgehead atoms. The Hall–Kier alpha value is -1.20. The fraction of sp³-hybridized carbons (Fsp3) is 0.385. The lowest BCUT2D eigenvalue weighted by Crippen LogP contribution is -2.25. The van der Waals surface area contributed by atoms with Crippen LogP contribution in [-0.4, -0.2) is 39.8 Å². The summed E-state index contributed by atoms with van der Waals surface area (Å²) in [5.41, 5.74) is 1.37. The second-order valence-corrected chi connectivity index (χ2v) is 5.25. The third kappa shape index (κ3) is 4.23. The first kappa shape index (κ1) is 13.2. The number of hydrogen-bond acceptors (Lipinski definition) is 3. The number of benzene rings is 1. The molecule has 0 unspecified atom stereocenters. The van der Waals surface area contributed by atoms with Gasteiger partial charge in [0.25, 0.3) is 0 Å². The summed E-state index contributed by atoms with van der Waals surface area (Å²) in [6.07, 6.45) is 4.39. The molecule has 4 nitrogen and oxygen atoms in total. The second kappa shape index (κ2) is 6.66. The van der Waals surface area contributed by atoms with Crippen molar-refractivity contribution >= 4 is 15.9 Å². The van der Waals surface area contributed by atoms with Crippen molar-refractivity contribution in [1.29, 1.82) is 0 Å². The van der Waals surface area contributed by atoms with E-state index in [1.54, 1.807) is 12.7 Å². The summed E-state index contributed by atoms with van der Waals surface area (Å²) in [6.45, 7) is 2.92. The van der Waals surface area contributed by atoms with Gasteiger partial charge in [-0.3, -0.25) is 4.68 Å². The van der Waals surface area contributed by atoms with Crippen LogP contribution in [-0.2, 0) is 13.0 Å². The summed E-state index contributed by atoms with van der Waals surface area (Å²) in [7, 11) is 2.13. The van der Waals surface area contributed by atoms with E-state index in [4.69, 9.17) is 0 Å². The average Bonchev–Trinajstić information content (AvgIpc) is 2.89. The Morgan fingerprint density at radius 2 is 2.00 bits per heavy atom. The van der Waals surface area contributed by atoms with Crippen molar-refractivity contribution in [2.45, 2.75) is 13.0 Å². The highest BCUT2D eigenvalue weighted by Gasteiger charge is 2.00. The van der Waals surface area contributed by atoms with E-state index in [0.717, 1.165) is 30.5 Å². The molecular formula is C13H17BrN4. The van der Waals surface area contributed by atoms with E-state index in [2.05, 4.69) is 62.2 Å². The van der Waals surface area contributed by atoms with Crippen molar-refractivity contribution < 1.29 is 0 Å². The molecule has 2 rings (SSSR count). The maximum atomic E-state index is 4.09. The molecule has 1 aromatic heterocycles. The van der Waals surface area contributed by atoms with E-state index in [0.29, 0.717) is 0 Å². The zero-order chi connectivity index (χ0) is 12.8. The van der Waals surface area contributed by atoms with Gasteiger partial charge in [0.15, 0.2) is 0 Å². The van der Waals surface area contributed by atoms with Gasteiger partial charge in [-0.25, -0.2) is 4.98 Å². The van der Waals surface area contributed by atoms with Gasteiger partial charge in [-0.15, -0.1) is 0 Å². The molecule has 1 heterocycles. The van der Waals surface area contributed by atoms with Gasteiger partial charge in [0.05, 0.1) is 6.54 Å². The van der Waals surface area contributed by atoms with Gasteiger partial charge in [0.2, 0.25) is 0 Å². The van der Waals surface area contributed by atoms with Crippen LogP contribution >= 0.6 is 15.9 Å². The summed E-state index contributed by atoms with van der Waals surface area (Å²) in [5, 5.41) is 4.09. The minimum absolute atomic E-state index is 0.886. The van der Waals surface area contributed by atoms with E-state index in [-0.39, 0.29) is 0 Å². The first-order chi connectivity index (χ1) is 8.74. The van der Waals surface area contributed by atoms with Crippen LogP contribution in [0.3, 0.4) is 0 Å². The summed E-state index contributed by atoms with van der Waals surface area (Å²) in [6, 6.07) is 8.50. The molecule has 0 radical (unpaired) electrons. The largest absolute Gasteiger partial charge is 0.304 e. The third-order valence-electron chi connectivity index (χ3n) is 2.87. The second-order valence-electron chi connectivity index (χ2n) is 4.34. The summed E-state index contributed by atoms with van der Waals surface area (Å²) in [4.78, 5) is 6.24. The van der Waals surface area contributed by atoms with E-state index in [9.17, 15) is 0 Å². The SMILES string of the molecule is CN(CCc1ccc(Br)cc1)CCn1cncn1. The van der Waals surface area contributed by atoms with E-state index >= 15 is 0 Å². The Labute approximate surface area is 116 Å². The topological polar surface area (TPSA) is 34.0 Å². The molecule has 2 aromatic rings. The minimum Gasteiger partial charge on any atom is -0.304 e. The van der Waals surface area contributed by atoms with Gasteiger partial charge in [0.1, 0.15) is 12.7 Å². The third-order valence-corrected chi connectivity index (χ3v) is 3.40. The number of nitrogens with zero attached hydrogens (tertiary/aromatic N) is 4. The molecule has 5 heteroatoms. The van der Waals surface area contributed by atoms with Crippen molar-refractivity contribution in [2.75, 3.05) is 20.1 Å². The molecule has 0 aliphatic rings. The van der Waals surface area contributed by atoms with Gasteiger partial charge < -0.3 is 4.90 Å². The zero-order valence-corrected chi connectivity index (χ0v) is 12.0. The lowest BCUT2D eigenvalue weighted by atomic mass is 10.1. The first-order valence-electron chi connectivity index (χ1n) is 5.99. The predicted octanol–water partition coefficient (Wildman–Crippen LogP) is 2.22. The van der Waals surface area contributed by atoms with Crippen LogP contribution in [0, 0.1) is 0 Å². The Morgan fingerprint density at radius 1 is 1.22 bits per heavy atom. The maximum Gasteiger partial charge on any atom is 0.137 e. The lowest BCUT2D eigenvalue weighted by molar-refractivity contribution is 0.316. The molecule has 0 saturated carbocycles. The molecule has 0 saturated heterocycles. The quantitative estimate of drug-likeness (QED) is 0.820. The number of rotatable bonds is 6. The van der Waals surface area contributed by atoms with Gasteiger partial charge in [-0.1, -0.05) is 28.1 Å². The highest BCUT2D eigenvalue weighted by atomic mass is 79.9. The Morgan fingerprint density at radius 3 is 2.67 bits per heavy atom. The molecule has 18 heavy (non-hydrogen) atoms. The monoisotopic (exact) mass is 308 g/mol. The van der Waals surface area contributed by atoms with Crippen molar-refractivity contribution in [1.82, 2.24) is 19.7 Å².